The van der Waals surface area contributed by atoms with E-state index < -0.39 is 4.92 Å². The van der Waals surface area contributed by atoms with E-state index >= 15 is 0 Å². The summed E-state index contributed by atoms with van der Waals surface area (Å²) in [6.45, 7) is 7.00. The van der Waals surface area contributed by atoms with Crippen molar-refractivity contribution in [2.45, 2.75) is 26.3 Å². The third-order valence-corrected chi connectivity index (χ3v) is 2.29. The molecule has 0 aliphatic heterocycles. The van der Waals surface area contributed by atoms with Crippen molar-refractivity contribution in [3.05, 3.63) is 33.7 Å². The molecule has 0 saturated carbocycles. The Kier molecular flexibility index (Phi) is 4.39. The van der Waals surface area contributed by atoms with Crippen LogP contribution < -0.4 is 5.32 Å². The minimum Gasteiger partial charge on any atom is -0.361 e. The number of nitrogens with one attached hydrogen (secondary N) is 1. The lowest BCUT2D eigenvalue weighted by Gasteiger charge is -2.13. The maximum absolute atomic E-state index is 10.9. The summed E-state index contributed by atoms with van der Waals surface area (Å²) in [6.07, 6.45) is 2.39. The molecule has 0 aliphatic rings. The number of anilines is 1. The van der Waals surface area contributed by atoms with Gasteiger partial charge in [-0.25, -0.2) is 4.98 Å². The Balaban J connectivity index is 3.12. The molecule has 1 N–H and O–H groups in total. The molecule has 0 aromatic carbocycles. The van der Waals surface area contributed by atoms with Gasteiger partial charge in [-0.15, -0.1) is 6.58 Å². The predicted octanol–water partition coefficient (Wildman–Crippen LogP) is 2.72. The molecule has 0 saturated heterocycles. The molecule has 0 aliphatic carbocycles. The number of nitro groups is 1. The molecule has 1 aromatic rings. The van der Waals surface area contributed by atoms with Gasteiger partial charge >= 0.3 is 5.69 Å². The lowest BCUT2D eigenvalue weighted by molar-refractivity contribution is -0.385. The van der Waals surface area contributed by atoms with E-state index in [1.165, 1.54) is 6.92 Å². The van der Waals surface area contributed by atoms with Gasteiger partial charge in [-0.3, -0.25) is 10.1 Å². The number of nitrogens with zero attached hydrogens (tertiary/aromatic N) is 3. The van der Waals surface area contributed by atoms with Crippen LogP contribution in [0.15, 0.2) is 12.7 Å². The zero-order chi connectivity index (χ0) is 13.0. The Morgan fingerprint density at radius 1 is 1.65 bits per heavy atom. The van der Waals surface area contributed by atoms with Crippen LogP contribution in [0.5, 0.6) is 0 Å². The van der Waals surface area contributed by atoms with Crippen LogP contribution in [-0.2, 0) is 0 Å². The van der Waals surface area contributed by atoms with E-state index in [2.05, 4.69) is 21.9 Å². The highest BCUT2D eigenvalue weighted by molar-refractivity contribution is 6.28. The fraction of sp³-hybridized carbons (Fsp3) is 0.400. The smallest absolute Gasteiger partial charge is 0.332 e. The average molecular weight is 257 g/mol. The number of aryl methyl sites for hydroxylation is 1. The maximum atomic E-state index is 10.9. The lowest BCUT2D eigenvalue weighted by Crippen LogP contribution is -2.17. The minimum atomic E-state index is -0.519. The summed E-state index contributed by atoms with van der Waals surface area (Å²) in [6, 6.07) is -0.0171. The molecule has 92 valence electrons. The summed E-state index contributed by atoms with van der Waals surface area (Å²) in [5.74, 6) is 0.141. The molecule has 0 bridgehead atoms. The van der Waals surface area contributed by atoms with Crippen molar-refractivity contribution in [2.24, 2.45) is 0 Å². The molecule has 0 radical (unpaired) electrons. The van der Waals surface area contributed by atoms with Gasteiger partial charge in [-0.1, -0.05) is 6.08 Å². The fourth-order valence-electron chi connectivity index (χ4n) is 1.39. The van der Waals surface area contributed by atoms with E-state index in [1.807, 2.05) is 6.92 Å². The number of rotatable bonds is 5. The van der Waals surface area contributed by atoms with Gasteiger partial charge in [-0.05, 0) is 31.9 Å². The Morgan fingerprint density at radius 3 is 2.82 bits per heavy atom. The van der Waals surface area contributed by atoms with E-state index in [-0.39, 0.29) is 28.5 Å². The van der Waals surface area contributed by atoms with E-state index in [1.54, 1.807) is 6.08 Å². The van der Waals surface area contributed by atoms with Crippen LogP contribution in [0.25, 0.3) is 0 Å². The molecule has 1 heterocycles. The SMILES string of the molecule is C=CCC(C)Nc1nc(Cl)nc(C)c1[N+](=O)[O-]. The molecule has 1 aromatic heterocycles. The van der Waals surface area contributed by atoms with Gasteiger partial charge in [0.2, 0.25) is 11.1 Å². The molecular weight excluding hydrogens is 244 g/mol. The zero-order valence-electron chi connectivity index (χ0n) is 9.61. The van der Waals surface area contributed by atoms with Crippen molar-refractivity contribution < 1.29 is 4.92 Å². The summed E-state index contributed by atoms with van der Waals surface area (Å²) in [7, 11) is 0. The van der Waals surface area contributed by atoms with Crippen LogP contribution in [0, 0.1) is 17.0 Å². The van der Waals surface area contributed by atoms with Crippen molar-refractivity contribution in [1.29, 1.82) is 0 Å². The average Bonchev–Trinajstić information content (AvgIpc) is 2.15. The Hall–Kier alpha value is -1.69. The summed E-state index contributed by atoms with van der Waals surface area (Å²) in [5, 5.41) is 13.8. The third-order valence-electron chi connectivity index (χ3n) is 2.12. The number of halogens is 1. The summed E-state index contributed by atoms with van der Waals surface area (Å²) < 4.78 is 0. The second-order valence-electron chi connectivity index (χ2n) is 3.60. The van der Waals surface area contributed by atoms with Crippen molar-refractivity contribution in [3.8, 4) is 0 Å². The second-order valence-corrected chi connectivity index (χ2v) is 3.94. The van der Waals surface area contributed by atoms with Crippen LogP contribution in [0.1, 0.15) is 19.0 Å². The maximum Gasteiger partial charge on any atom is 0.332 e. The molecular formula is C10H13ClN4O2. The standard InChI is InChI=1S/C10H13ClN4O2/c1-4-5-6(2)12-9-8(15(16)17)7(3)13-10(11)14-9/h4,6H,1,5H2,2-3H3,(H,12,13,14). The third kappa shape index (κ3) is 3.39. The fourth-order valence-corrected chi connectivity index (χ4v) is 1.61. The van der Waals surface area contributed by atoms with Crippen LogP contribution in [0.2, 0.25) is 5.28 Å². The summed E-state index contributed by atoms with van der Waals surface area (Å²) >= 11 is 5.68. The topological polar surface area (TPSA) is 81.0 Å². The highest BCUT2D eigenvalue weighted by atomic mass is 35.5. The van der Waals surface area contributed by atoms with Gasteiger partial charge in [-0.2, -0.15) is 4.98 Å². The van der Waals surface area contributed by atoms with Crippen LogP contribution in [0.3, 0.4) is 0 Å². The van der Waals surface area contributed by atoms with Crippen LogP contribution >= 0.6 is 11.6 Å². The molecule has 1 unspecified atom stereocenters. The lowest BCUT2D eigenvalue weighted by atomic mass is 10.2. The Labute approximate surface area is 104 Å². The molecule has 1 rings (SSSR count). The van der Waals surface area contributed by atoms with E-state index in [4.69, 9.17) is 11.6 Å². The molecule has 1 atom stereocenters. The van der Waals surface area contributed by atoms with Crippen LogP contribution in [-0.4, -0.2) is 20.9 Å². The highest BCUT2D eigenvalue weighted by Gasteiger charge is 2.22. The van der Waals surface area contributed by atoms with Gasteiger partial charge in [0.1, 0.15) is 5.69 Å². The molecule has 0 spiro atoms. The largest absolute Gasteiger partial charge is 0.361 e. The van der Waals surface area contributed by atoms with Gasteiger partial charge in [0, 0.05) is 6.04 Å². The van der Waals surface area contributed by atoms with Crippen molar-refractivity contribution in [2.75, 3.05) is 5.32 Å². The number of aromatic nitrogens is 2. The van der Waals surface area contributed by atoms with E-state index in [0.29, 0.717) is 6.42 Å². The number of hydrogen-bond donors (Lipinski definition) is 1. The van der Waals surface area contributed by atoms with Gasteiger partial charge in [0.05, 0.1) is 4.92 Å². The predicted molar refractivity (Wildman–Crippen MR) is 66.3 cm³/mol. The van der Waals surface area contributed by atoms with Crippen LogP contribution in [0.4, 0.5) is 11.5 Å². The van der Waals surface area contributed by atoms with Gasteiger partial charge < -0.3 is 5.32 Å². The quantitative estimate of drug-likeness (QED) is 0.379. The Morgan fingerprint density at radius 2 is 2.29 bits per heavy atom. The molecule has 0 amide bonds. The van der Waals surface area contributed by atoms with Crippen molar-refractivity contribution in [3.63, 3.8) is 0 Å². The first kappa shape index (κ1) is 13.4. The van der Waals surface area contributed by atoms with Gasteiger partial charge in [0.25, 0.3) is 0 Å². The minimum absolute atomic E-state index is 0.0126. The molecule has 0 fully saturated rings. The first-order valence-corrected chi connectivity index (χ1v) is 5.39. The Bertz CT molecular complexity index is 450. The monoisotopic (exact) mass is 256 g/mol. The normalized spacial score (nSPS) is 11.9. The highest BCUT2D eigenvalue weighted by Crippen LogP contribution is 2.27. The number of hydrogen-bond acceptors (Lipinski definition) is 5. The summed E-state index contributed by atoms with van der Waals surface area (Å²) in [5.41, 5.74) is 0.0913. The van der Waals surface area contributed by atoms with E-state index in [9.17, 15) is 10.1 Å². The summed E-state index contributed by atoms with van der Waals surface area (Å²) in [4.78, 5) is 18.0. The molecule has 17 heavy (non-hydrogen) atoms. The molecule has 6 nitrogen and oxygen atoms in total. The van der Waals surface area contributed by atoms with E-state index in [0.717, 1.165) is 0 Å². The first-order chi connectivity index (χ1) is 7.95. The van der Waals surface area contributed by atoms with Crippen molar-refractivity contribution in [1.82, 2.24) is 9.97 Å². The van der Waals surface area contributed by atoms with Gasteiger partial charge in [0.15, 0.2) is 0 Å². The first-order valence-electron chi connectivity index (χ1n) is 5.01. The molecule has 7 heteroatoms. The van der Waals surface area contributed by atoms with Crippen molar-refractivity contribution >= 4 is 23.1 Å². The zero-order valence-corrected chi connectivity index (χ0v) is 10.4. The second kappa shape index (κ2) is 5.58.